The van der Waals surface area contributed by atoms with Crippen molar-refractivity contribution in [3.05, 3.63) is 33.9 Å². The van der Waals surface area contributed by atoms with E-state index in [9.17, 15) is 0 Å². The van der Waals surface area contributed by atoms with E-state index in [1.807, 2.05) is 0 Å². The Labute approximate surface area is 98.0 Å². The molecule has 0 fully saturated rings. The molecule has 0 radical (unpaired) electrons. The SMILES string of the molecule is Cc1c(C(C)CN)[nH]c2cc(Br)ccc12. The second-order valence-electron chi connectivity index (χ2n) is 3.99. The third-order valence-electron chi connectivity index (χ3n) is 2.91. The van der Waals surface area contributed by atoms with Crippen LogP contribution >= 0.6 is 15.9 Å². The van der Waals surface area contributed by atoms with Crippen molar-refractivity contribution in [2.45, 2.75) is 19.8 Å². The van der Waals surface area contributed by atoms with Gasteiger partial charge < -0.3 is 10.7 Å². The maximum Gasteiger partial charge on any atom is 0.0470 e. The number of H-pyrrole nitrogens is 1. The Morgan fingerprint density at radius 2 is 2.20 bits per heavy atom. The number of fused-ring (bicyclic) bond motifs is 1. The second-order valence-corrected chi connectivity index (χ2v) is 4.91. The van der Waals surface area contributed by atoms with E-state index in [1.54, 1.807) is 0 Å². The Balaban J connectivity index is 2.63. The summed E-state index contributed by atoms with van der Waals surface area (Å²) in [6, 6.07) is 6.31. The van der Waals surface area contributed by atoms with Crippen LogP contribution in [0.25, 0.3) is 10.9 Å². The average molecular weight is 267 g/mol. The number of nitrogens with one attached hydrogen (secondary N) is 1. The molecule has 1 unspecified atom stereocenters. The number of rotatable bonds is 2. The first-order chi connectivity index (χ1) is 7.13. The van der Waals surface area contributed by atoms with Gasteiger partial charge in [0.2, 0.25) is 0 Å². The monoisotopic (exact) mass is 266 g/mol. The minimum absolute atomic E-state index is 0.385. The van der Waals surface area contributed by atoms with Crippen LogP contribution in [0.2, 0.25) is 0 Å². The van der Waals surface area contributed by atoms with Crippen LogP contribution in [0.5, 0.6) is 0 Å². The molecule has 0 aliphatic heterocycles. The molecule has 1 aromatic heterocycles. The molecule has 0 aliphatic rings. The van der Waals surface area contributed by atoms with Gasteiger partial charge in [0.1, 0.15) is 0 Å². The zero-order chi connectivity index (χ0) is 11.0. The summed E-state index contributed by atoms with van der Waals surface area (Å²) in [5.74, 6) is 0.385. The molecule has 1 heterocycles. The number of halogens is 1. The highest BCUT2D eigenvalue weighted by Gasteiger charge is 2.12. The predicted molar refractivity (Wildman–Crippen MR) is 68.2 cm³/mol. The number of aryl methyl sites for hydroxylation is 1. The Hall–Kier alpha value is -0.800. The quantitative estimate of drug-likeness (QED) is 0.861. The Morgan fingerprint density at radius 3 is 2.87 bits per heavy atom. The van der Waals surface area contributed by atoms with Gasteiger partial charge in [-0.15, -0.1) is 0 Å². The van der Waals surface area contributed by atoms with E-state index in [-0.39, 0.29) is 0 Å². The first-order valence-corrected chi connectivity index (χ1v) is 5.90. The molecular weight excluding hydrogens is 252 g/mol. The molecule has 0 bridgehead atoms. The van der Waals surface area contributed by atoms with Gasteiger partial charge in [0.25, 0.3) is 0 Å². The fourth-order valence-electron chi connectivity index (χ4n) is 1.94. The summed E-state index contributed by atoms with van der Waals surface area (Å²) in [6.45, 7) is 4.97. The molecule has 2 aromatic rings. The molecule has 2 rings (SSSR count). The van der Waals surface area contributed by atoms with Gasteiger partial charge in [0, 0.05) is 33.5 Å². The number of nitrogens with two attached hydrogens (primary N) is 1. The van der Waals surface area contributed by atoms with Crippen LogP contribution in [-0.4, -0.2) is 11.5 Å². The van der Waals surface area contributed by atoms with Crippen molar-refractivity contribution < 1.29 is 0 Å². The molecule has 0 saturated heterocycles. The molecule has 3 N–H and O–H groups in total. The highest BCUT2D eigenvalue weighted by Crippen LogP contribution is 2.28. The lowest BCUT2D eigenvalue weighted by atomic mass is 10.0. The van der Waals surface area contributed by atoms with Crippen LogP contribution in [0, 0.1) is 6.92 Å². The van der Waals surface area contributed by atoms with Gasteiger partial charge in [-0.25, -0.2) is 0 Å². The standard InChI is InChI=1S/C12H15BrN2/c1-7(6-14)12-8(2)10-4-3-9(13)5-11(10)15-12/h3-5,7,15H,6,14H2,1-2H3. The van der Waals surface area contributed by atoms with Gasteiger partial charge in [-0.3, -0.25) is 0 Å². The summed E-state index contributed by atoms with van der Waals surface area (Å²) in [6.07, 6.45) is 0. The fourth-order valence-corrected chi connectivity index (χ4v) is 2.30. The van der Waals surface area contributed by atoms with Crippen molar-refractivity contribution in [3.63, 3.8) is 0 Å². The largest absolute Gasteiger partial charge is 0.358 e. The molecule has 15 heavy (non-hydrogen) atoms. The number of hydrogen-bond donors (Lipinski definition) is 2. The Morgan fingerprint density at radius 1 is 1.47 bits per heavy atom. The topological polar surface area (TPSA) is 41.8 Å². The summed E-state index contributed by atoms with van der Waals surface area (Å²) in [5, 5.41) is 1.29. The van der Waals surface area contributed by atoms with Crippen molar-refractivity contribution in [3.8, 4) is 0 Å². The highest BCUT2D eigenvalue weighted by molar-refractivity contribution is 9.10. The second kappa shape index (κ2) is 3.99. The lowest BCUT2D eigenvalue weighted by Crippen LogP contribution is -2.10. The third kappa shape index (κ3) is 1.82. The van der Waals surface area contributed by atoms with Gasteiger partial charge in [-0.1, -0.05) is 28.9 Å². The van der Waals surface area contributed by atoms with Crippen LogP contribution in [0.4, 0.5) is 0 Å². The van der Waals surface area contributed by atoms with Gasteiger partial charge in [-0.05, 0) is 24.6 Å². The van der Waals surface area contributed by atoms with Crippen LogP contribution < -0.4 is 5.73 Å². The van der Waals surface area contributed by atoms with Crippen LogP contribution in [0.3, 0.4) is 0 Å². The Kier molecular flexibility index (Phi) is 2.85. The fraction of sp³-hybridized carbons (Fsp3) is 0.333. The maximum atomic E-state index is 5.70. The van der Waals surface area contributed by atoms with Crippen molar-refractivity contribution in [2.24, 2.45) is 5.73 Å². The number of aromatic nitrogens is 1. The lowest BCUT2D eigenvalue weighted by molar-refractivity contribution is 0.748. The zero-order valence-corrected chi connectivity index (χ0v) is 10.6. The summed E-state index contributed by atoms with van der Waals surface area (Å²) in [5.41, 5.74) is 9.44. The number of benzene rings is 1. The first kappa shape index (κ1) is 10.7. The summed E-state index contributed by atoms with van der Waals surface area (Å²) < 4.78 is 1.10. The van der Waals surface area contributed by atoms with E-state index >= 15 is 0 Å². The molecule has 1 atom stereocenters. The van der Waals surface area contributed by atoms with Gasteiger partial charge in [0.15, 0.2) is 0 Å². The van der Waals surface area contributed by atoms with E-state index in [1.165, 1.54) is 22.2 Å². The predicted octanol–water partition coefficient (Wildman–Crippen LogP) is 3.30. The smallest absolute Gasteiger partial charge is 0.0470 e. The minimum Gasteiger partial charge on any atom is -0.358 e. The van der Waals surface area contributed by atoms with Crippen molar-refractivity contribution in [2.75, 3.05) is 6.54 Å². The Bertz CT molecular complexity index is 488. The highest BCUT2D eigenvalue weighted by atomic mass is 79.9. The maximum absolute atomic E-state index is 5.70. The minimum atomic E-state index is 0.385. The molecular formula is C12H15BrN2. The molecule has 0 amide bonds. The zero-order valence-electron chi connectivity index (χ0n) is 8.97. The number of hydrogen-bond acceptors (Lipinski definition) is 1. The first-order valence-electron chi connectivity index (χ1n) is 5.11. The summed E-state index contributed by atoms with van der Waals surface area (Å²) in [7, 11) is 0. The molecule has 0 saturated carbocycles. The van der Waals surface area contributed by atoms with E-state index in [2.05, 4.69) is 53.0 Å². The van der Waals surface area contributed by atoms with E-state index < -0.39 is 0 Å². The van der Waals surface area contributed by atoms with Crippen molar-refractivity contribution in [1.29, 1.82) is 0 Å². The van der Waals surface area contributed by atoms with E-state index in [0.717, 1.165) is 4.47 Å². The van der Waals surface area contributed by atoms with Gasteiger partial charge in [0.05, 0.1) is 0 Å². The van der Waals surface area contributed by atoms with Gasteiger partial charge in [-0.2, -0.15) is 0 Å². The van der Waals surface area contributed by atoms with Crippen LogP contribution in [0.1, 0.15) is 24.1 Å². The molecule has 1 aromatic carbocycles. The van der Waals surface area contributed by atoms with E-state index in [0.29, 0.717) is 12.5 Å². The number of aromatic amines is 1. The van der Waals surface area contributed by atoms with Crippen LogP contribution in [-0.2, 0) is 0 Å². The lowest BCUT2D eigenvalue weighted by Gasteiger charge is -2.06. The average Bonchev–Trinajstić information content (AvgIpc) is 2.54. The molecule has 80 valence electrons. The summed E-state index contributed by atoms with van der Waals surface area (Å²) >= 11 is 3.48. The molecule has 3 heteroatoms. The third-order valence-corrected chi connectivity index (χ3v) is 3.40. The van der Waals surface area contributed by atoms with E-state index in [4.69, 9.17) is 5.73 Å². The van der Waals surface area contributed by atoms with Crippen LogP contribution in [0.15, 0.2) is 22.7 Å². The molecule has 2 nitrogen and oxygen atoms in total. The van der Waals surface area contributed by atoms with Gasteiger partial charge >= 0.3 is 0 Å². The normalized spacial score (nSPS) is 13.3. The molecule has 0 spiro atoms. The summed E-state index contributed by atoms with van der Waals surface area (Å²) in [4.78, 5) is 3.45. The van der Waals surface area contributed by atoms with Crippen molar-refractivity contribution in [1.82, 2.24) is 4.98 Å². The van der Waals surface area contributed by atoms with Crippen molar-refractivity contribution >= 4 is 26.8 Å². The molecule has 0 aliphatic carbocycles.